The molecule has 1 N–H and O–H groups in total. The molecule has 0 saturated heterocycles. The Morgan fingerprint density at radius 1 is 1.00 bits per heavy atom. The van der Waals surface area contributed by atoms with Gasteiger partial charge in [0.2, 0.25) is 0 Å². The van der Waals surface area contributed by atoms with Crippen LogP contribution in [-0.2, 0) is 6.42 Å². The molecule has 0 aromatic heterocycles. The number of hydrogen-bond donors (Lipinski definition) is 1. The molecule has 0 aliphatic heterocycles. The van der Waals surface area contributed by atoms with E-state index in [-0.39, 0.29) is 17.9 Å². The van der Waals surface area contributed by atoms with Crippen LogP contribution in [-0.4, -0.2) is 11.2 Å². The normalized spacial score (nSPS) is 22.6. The van der Waals surface area contributed by atoms with Gasteiger partial charge in [0.05, 0.1) is 6.10 Å². The molecule has 0 spiro atoms. The number of halogens is 2. The molecular formula is C17H16F2O. The molecule has 1 aliphatic rings. The molecule has 3 heteroatoms. The summed E-state index contributed by atoms with van der Waals surface area (Å²) >= 11 is 0. The van der Waals surface area contributed by atoms with Crippen LogP contribution in [0.25, 0.3) is 0 Å². The largest absolute Gasteiger partial charge is 0.392 e. The highest BCUT2D eigenvalue weighted by Gasteiger charge is 2.43. The highest BCUT2D eigenvalue weighted by molar-refractivity contribution is 5.27. The Bertz CT molecular complexity index is 577. The number of aliphatic hydroxyl groups excluding tert-OH is 1. The van der Waals surface area contributed by atoms with Gasteiger partial charge in [-0.05, 0) is 36.0 Å². The van der Waals surface area contributed by atoms with E-state index in [0.29, 0.717) is 5.92 Å². The van der Waals surface area contributed by atoms with Gasteiger partial charge in [0.25, 0.3) is 0 Å². The minimum atomic E-state index is -0.702. The summed E-state index contributed by atoms with van der Waals surface area (Å²) in [5.41, 5.74) is 1.17. The van der Waals surface area contributed by atoms with Crippen LogP contribution in [0.4, 0.5) is 8.78 Å². The maximum absolute atomic E-state index is 13.6. The second kappa shape index (κ2) is 5.33. The van der Waals surface area contributed by atoms with E-state index >= 15 is 0 Å². The van der Waals surface area contributed by atoms with Crippen LogP contribution in [0.5, 0.6) is 0 Å². The summed E-state index contributed by atoms with van der Waals surface area (Å²) in [5, 5.41) is 10.2. The second-order valence-corrected chi connectivity index (χ2v) is 5.39. The van der Waals surface area contributed by atoms with Crippen LogP contribution in [0, 0.1) is 17.6 Å². The number of benzene rings is 2. The lowest BCUT2D eigenvalue weighted by molar-refractivity contribution is 0.147. The molecule has 3 unspecified atom stereocenters. The van der Waals surface area contributed by atoms with Crippen LogP contribution in [0.1, 0.15) is 23.5 Å². The fourth-order valence-corrected chi connectivity index (χ4v) is 2.81. The van der Waals surface area contributed by atoms with Crippen molar-refractivity contribution in [3.63, 3.8) is 0 Å². The first-order chi connectivity index (χ1) is 9.66. The Hall–Kier alpha value is -1.74. The van der Waals surface area contributed by atoms with Crippen molar-refractivity contribution < 1.29 is 13.9 Å². The molecule has 0 heterocycles. The Morgan fingerprint density at radius 3 is 2.30 bits per heavy atom. The average molecular weight is 274 g/mol. The molecule has 3 rings (SSSR count). The summed E-state index contributed by atoms with van der Waals surface area (Å²) in [6, 6.07) is 13.7. The van der Waals surface area contributed by atoms with E-state index in [9.17, 15) is 13.9 Å². The molecule has 2 aromatic carbocycles. The van der Waals surface area contributed by atoms with Gasteiger partial charge < -0.3 is 5.11 Å². The summed E-state index contributed by atoms with van der Waals surface area (Å²) in [6.45, 7) is 0. The van der Waals surface area contributed by atoms with Gasteiger partial charge in [0.15, 0.2) is 0 Å². The van der Waals surface area contributed by atoms with Crippen molar-refractivity contribution in [3.05, 3.63) is 71.3 Å². The summed E-state index contributed by atoms with van der Waals surface area (Å²) in [4.78, 5) is 0. The second-order valence-electron chi connectivity index (χ2n) is 5.39. The lowest BCUT2D eigenvalue weighted by atomic mass is 10.0. The van der Waals surface area contributed by atoms with Crippen molar-refractivity contribution in [2.45, 2.75) is 24.9 Å². The molecule has 0 amide bonds. The number of hydrogen-bond acceptors (Lipinski definition) is 1. The molecule has 1 nitrogen and oxygen atoms in total. The van der Waals surface area contributed by atoms with Crippen LogP contribution in [0.15, 0.2) is 48.5 Å². The Labute approximate surface area is 116 Å². The van der Waals surface area contributed by atoms with Gasteiger partial charge in [-0.25, -0.2) is 8.78 Å². The topological polar surface area (TPSA) is 20.2 Å². The third kappa shape index (κ3) is 2.59. The molecular weight excluding hydrogens is 258 g/mol. The Kier molecular flexibility index (Phi) is 3.53. The third-order valence-electron chi connectivity index (χ3n) is 4.04. The quantitative estimate of drug-likeness (QED) is 0.902. The first kappa shape index (κ1) is 13.3. The summed E-state index contributed by atoms with van der Waals surface area (Å²) in [7, 11) is 0. The molecule has 104 valence electrons. The molecule has 3 atom stereocenters. The van der Waals surface area contributed by atoms with E-state index in [1.807, 2.05) is 30.3 Å². The van der Waals surface area contributed by atoms with Gasteiger partial charge in [-0.2, -0.15) is 0 Å². The van der Waals surface area contributed by atoms with Crippen molar-refractivity contribution in [1.82, 2.24) is 0 Å². The average Bonchev–Trinajstić information content (AvgIpc) is 3.24. The van der Waals surface area contributed by atoms with Crippen molar-refractivity contribution in [3.8, 4) is 0 Å². The van der Waals surface area contributed by atoms with Crippen molar-refractivity contribution in [2.24, 2.45) is 5.92 Å². The highest BCUT2D eigenvalue weighted by atomic mass is 19.1. The van der Waals surface area contributed by atoms with E-state index in [1.54, 1.807) is 0 Å². The zero-order valence-corrected chi connectivity index (χ0v) is 11.0. The van der Waals surface area contributed by atoms with Crippen molar-refractivity contribution >= 4 is 0 Å². The lowest BCUT2D eigenvalue weighted by Gasteiger charge is -2.12. The fraction of sp³-hybridized carbons (Fsp3) is 0.294. The van der Waals surface area contributed by atoms with E-state index < -0.39 is 17.7 Å². The summed E-state index contributed by atoms with van der Waals surface area (Å²) in [5.74, 6) is -0.764. The van der Waals surface area contributed by atoms with Gasteiger partial charge in [-0.3, -0.25) is 0 Å². The predicted molar refractivity (Wildman–Crippen MR) is 73.4 cm³/mol. The van der Waals surface area contributed by atoms with E-state index in [4.69, 9.17) is 0 Å². The maximum Gasteiger partial charge on any atom is 0.129 e. The maximum atomic E-state index is 13.6. The minimum Gasteiger partial charge on any atom is -0.392 e. The van der Waals surface area contributed by atoms with Gasteiger partial charge in [0, 0.05) is 12.0 Å². The molecule has 0 bridgehead atoms. The molecule has 2 aromatic rings. The summed E-state index contributed by atoms with van der Waals surface area (Å²) in [6.07, 6.45) is 0.208. The Morgan fingerprint density at radius 2 is 1.65 bits per heavy atom. The first-order valence-electron chi connectivity index (χ1n) is 6.82. The van der Waals surface area contributed by atoms with Crippen LogP contribution in [0.3, 0.4) is 0 Å². The SMILES string of the molecule is OC(Cc1c(F)cccc1F)C1CC1c1ccccc1. The zero-order valence-electron chi connectivity index (χ0n) is 11.0. The molecule has 1 aliphatic carbocycles. The molecule has 20 heavy (non-hydrogen) atoms. The number of aliphatic hydroxyl groups is 1. The lowest BCUT2D eigenvalue weighted by Crippen LogP contribution is -2.16. The third-order valence-corrected chi connectivity index (χ3v) is 4.04. The molecule has 0 radical (unpaired) electrons. The van der Waals surface area contributed by atoms with E-state index in [2.05, 4.69) is 0 Å². The van der Waals surface area contributed by atoms with Crippen LogP contribution in [0.2, 0.25) is 0 Å². The van der Waals surface area contributed by atoms with Gasteiger partial charge in [-0.15, -0.1) is 0 Å². The van der Waals surface area contributed by atoms with E-state index in [1.165, 1.54) is 23.8 Å². The zero-order chi connectivity index (χ0) is 14.1. The van der Waals surface area contributed by atoms with Crippen molar-refractivity contribution in [2.75, 3.05) is 0 Å². The van der Waals surface area contributed by atoms with Gasteiger partial charge in [-0.1, -0.05) is 36.4 Å². The standard InChI is InChI=1S/C17H16F2O/c18-15-7-4-8-16(19)14(15)10-17(20)13-9-12(13)11-5-2-1-3-6-11/h1-8,12-13,17,20H,9-10H2. The molecule has 1 fully saturated rings. The van der Waals surface area contributed by atoms with Crippen LogP contribution < -0.4 is 0 Å². The predicted octanol–water partition coefficient (Wildman–Crippen LogP) is 3.67. The number of rotatable bonds is 4. The van der Waals surface area contributed by atoms with Crippen molar-refractivity contribution in [1.29, 1.82) is 0 Å². The van der Waals surface area contributed by atoms with Gasteiger partial charge >= 0.3 is 0 Å². The highest BCUT2D eigenvalue weighted by Crippen LogP contribution is 2.50. The minimum absolute atomic E-state index is 0.0151. The molecule has 1 saturated carbocycles. The van der Waals surface area contributed by atoms with Gasteiger partial charge in [0.1, 0.15) is 11.6 Å². The first-order valence-corrected chi connectivity index (χ1v) is 6.82. The monoisotopic (exact) mass is 274 g/mol. The van der Waals surface area contributed by atoms with Crippen LogP contribution >= 0.6 is 0 Å². The summed E-state index contributed by atoms with van der Waals surface area (Å²) < 4.78 is 27.1. The van der Waals surface area contributed by atoms with E-state index in [0.717, 1.165) is 6.42 Å². The smallest absolute Gasteiger partial charge is 0.129 e. The Balaban J connectivity index is 1.68. The fourth-order valence-electron chi connectivity index (χ4n) is 2.81.